The lowest BCUT2D eigenvalue weighted by atomic mass is 10.1. The third-order valence-corrected chi connectivity index (χ3v) is 5.39. The van der Waals surface area contributed by atoms with Crippen LogP contribution in [0.4, 0.5) is 0 Å². The van der Waals surface area contributed by atoms with Crippen molar-refractivity contribution in [2.45, 2.75) is 33.1 Å². The summed E-state index contributed by atoms with van der Waals surface area (Å²) < 4.78 is 13.8. The lowest BCUT2D eigenvalue weighted by molar-refractivity contribution is 0.0918. The van der Waals surface area contributed by atoms with Crippen molar-refractivity contribution in [1.29, 1.82) is 0 Å². The quantitative estimate of drug-likeness (QED) is 0.406. The van der Waals surface area contributed by atoms with Crippen molar-refractivity contribution in [3.05, 3.63) is 88.7 Å². The number of hydrogen-bond donors (Lipinski definition) is 1. The van der Waals surface area contributed by atoms with Crippen LogP contribution in [0.5, 0.6) is 11.5 Å². The smallest absolute Gasteiger partial charge is 0.148 e. The summed E-state index contributed by atoms with van der Waals surface area (Å²) in [5.74, 6) is 2.13. The number of ether oxygens (including phenoxy) is 2. The SMILES string of the molecule is Cc1ccc(OCc2nc3ccccc3n2CC(O)COc2ccccc2Cl)c(C)c1. The predicted molar refractivity (Wildman–Crippen MR) is 123 cm³/mol. The van der Waals surface area contributed by atoms with Crippen LogP contribution in [0.3, 0.4) is 0 Å². The molecule has 0 aliphatic rings. The number of halogens is 1. The Bertz CT molecular complexity index is 1190. The predicted octanol–water partition coefficient (Wildman–Crippen LogP) is 5.33. The number of para-hydroxylation sites is 3. The van der Waals surface area contributed by atoms with Gasteiger partial charge in [-0.05, 0) is 49.7 Å². The summed E-state index contributed by atoms with van der Waals surface area (Å²) in [5.41, 5.74) is 4.08. The van der Waals surface area contributed by atoms with Gasteiger partial charge in [0.2, 0.25) is 0 Å². The van der Waals surface area contributed by atoms with E-state index in [0.717, 1.165) is 28.2 Å². The van der Waals surface area contributed by atoms with E-state index in [1.165, 1.54) is 5.56 Å². The van der Waals surface area contributed by atoms with Gasteiger partial charge in [0.25, 0.3) is 0 Å². The Labute approximate surface area is 186 Å². The van der Waals surface area contributed by atoms with Crippen LogP contribution in [0.2, 0.25) is 5.02 Å². The highest BCUT2D eigenvalue weighted by Crippen LogP contribution is 2.24. The Morgan fingerprint density at radius 1 is 0.968 bits per heavy atom. The van der Waals surface area contributed by atoms with Crippen LogP contribution in [-0.2, 0) is 13.2 Å². The average molecular weight is 437 g/mol. The van der Waals surface area contributed by atoms with Gasteiger partial charge in [0, 0.05) is 0 Å². The normalized spacial score (nSPS) is 12.1. The van der Waals surface area contributed by atoms with Gasteiger partial charge >= 0.3 is 0 Å². The van der Waals surface area contributed by atoms with Crippen molar-refractivity contribution in [3.63, 3.8) is 0 Å². The molecule has 6 heteroatoms. The molecule has 0 saturated carbocycles. The Balaban J connectivity index is 1.51. The molecule has 0 spiro atoms. The summed E-state index contributed by atoms with van der Waals surface area (Å²) in [7, 11) is 0. The summed E-state index contributed by atoms with van der Waals surface area (Å²) in [6.45, 7) is 4.84. The minimum Gasteiger partial charge on any atom is -0.489 e. The van der Waals surface area contributed by atoms with Crippen molar-refractivity contribution in [1.82, 2.24) is 9.55 Å². The van der Waals surface area contributed by atoms with Gasteiger partial charge < -0.3 is 19.1 Å². The van der Waals surface area contributed by atoms with Gasteiger partial charge in [-0.25, -0.2) is 4.98 Å². The Morgan fingerprint density at radius 2 is 1.74 bits per heavy atom. The summed E-state index contributed by atoms with van der Waals surface area (Å²) in [6.07, 6.45) is -0.742. The number of benzene rings is 3. The topological polar surface area (TPSA) is 56.5 Å². The molecule has 0 saturated heterocycles. The zero-order chi connectivity index (χ0) is 21.8. The van der Waals surface area contributed by atoms with Gasteiger partial charge in [-0.3, -0.25) is 0 Å². The fourth-order valence-corrected chi connectivity index (χ4v) is 3.74. The summed E-state index contributed by atoms with van der Waals surface area (Å²) in [6, 6.07) is 21.2. The molecule has 0 fully saturated rings. The molecule has 1 aromatic heterocycles. The number of aryl methyl sites for hydroxylation is 2. The molecule has 0 aliphatic heterocycles. The van der Waals surface area contributed by atoms with Gasteiger partial charge in [0.1, 0.15) is 36.6 Å². The van der Waals surface area contributed by atoms with Crippen molar-refractivity contribution >= 4 is 22.6 Å². The van der Waals surface area contributed by atoms with E-state index < -0.39 is 6.10 Å². The highest BCUT2D eigenvalue weighted by Gasteiger charge is 2.16. The lowest BCUT2D eigenvalue weighted by Crippen LogP contribution is -2.25. The third kappa shape index (κ3) is 5.01. The second-order valence-corrected chi connectivity index (χ2v) is 7.99. The van der Waals surface area contributed by atoms with E-state index in [-0.39, 0.29) is 6.61 Å². The Morgan fingerprint density at radius 3 is 2.55 bits per heavy atom. The van der Waals surface area contributed by atoms with Gasteiger partial charge in [-0.15, -0.1) is 0 Å². The molecule has 4 aromatic rings. The Kier molecular flexibility index (Phi) is 6.44. The van der Waals surface area contributed by atoms with Crippen LogP contribution < -0.4 is 9.47 Å². The second-order valence-electron chi connectivity index (χ2n) is 7.58. The number of aliphatic hydroxyl groups is 1. The highest BCUT2D eigenvalue weighted by atomic mass is 35.5. The van der Waals surface area contributed by atoms with Crippen molar-refractivity contribution < 1.29 is 14.6 Å². The first-order chi connectivity index (χ1) is 15.0. The van der Waals surface area contributed by atoms with E-state index in [4.69, 9.17) is 26.1 Å². The molecule has 1 unspecified atom stereocenters. The molecule has 5 nitrogen and oxygen atoms in total. The number of nitrogens with zero attached hydrogens (tertiary/aromatic N) is 2. The summed E-state index contributed by atoms with van der Waals surface area (Å²) in [5, 5.41) is 11.2. The van der Waals surface area contributed by atoms with Gasteiger partial charge in [0.15, 0.2) is 0 Å². The zero-order valence-corrected chi connectivity index (χ0v) is 18.3. The molecule has 0 radical (unpaired) electrons. The molecule has 0 aliphatic carbocycles. The maximum atomic E-state index is 10.7. The van der Waals surface area contributed by atoms with E-state index in [0.29, 0.717) is 23.9 Å². The fraction of sp³-hybridized carbons (Fsp3) is 0.240. The maximum absolute atomic E-state index is 10.7. The molecule has 1 N–H and O–H groups in total. The van der Waals surface area contributed by atoms with Crippen LogP contribution in [0.1, 0.15) is 17.0 Å². The van der Waals surface area contributed by atoms with Gasteiger partial charge in [0.05, 0.1) is 22.6 Å². The molecule has 31 heavy (non-hydrogen) atoms. The molecule has 0 amide bonds. The van der Waals surface area contributed by atoms with E-state index in [1.807, 2.05) is 60.0 Å². The third-order valence-electron chi connectivity index (χ3n) is 5.08. The van der Waals surface area contributed by atoms with Crippen LogP contribution >= 0.6 is 11.6 Å². The molecular weight excluding hydrogens is 412 g/mol. The average Bonchev–Trinajstić information content (AvgIpc) is 3.10. The fourth-order valence-electron chi connectivity index (χ4n) is 3.55. The first kappa shape index (κ1) is 21.2. The number of aromatic nitrogens is 2. The minimum absolute atomic E-state index is 0.119. The number of imidazole rings is 1. The van der Waals surface area contributed by atoms with E-state index in [9.17, 15) is 5.11 Å². The molecule has 3 aromatic carbocycles. The standard InChI is InChI=1S/C25H25ClN2O3/c1-17-11-12-23(18(2)13-17)31-16-25-27-21-8-4-5-9-22(21)28(25)14-19(29)15-30-24-10-6-3-7-20(24)26/h3-13,19,29H,14-16H2,1-2H3. The zero-order valence-electron chi connectivity index (χ0n) is 17.6. The monoisotopic (exact) mass is 436 g/mol. The molecular formula is C25H25ClN2O3. The summed E-state index contributed by atoms with van der Waals surface area (Å²) >= 11 is 6.14. The Hall–Kier alpha value is -3.02. The molecule has 160 valence electrons. The number of hydrogen-bond acceptors (Lipinski definition) is 4. The van der Waals surface area contributed by atoms with Crippen LogP contribution in [0.15, 0.2) is 66.7 Å². The number of fused-ring (bicyclic) bond motifs is 1. The minimum atomic E-state index is -0.742. The lowest BCUT2D eigenvalue weighted by Gasteiger charge is -2.17. The van der Waals surface area contributed by atoms with Crippen molar-refractivity contribution in [2.75, 3.05) is 6.61 Å². The highest BCUT2D eigenvalue weighted by molar-refractivity contribution is 6.32. The van der Waals surface area contributed by atoms with Gasteiger partial charge in [-0.2, -0.15) is 0 Å². The maximum Gasteiger partial charge on any atom is 0.148 e. The van der Waals surface area contributed by atoms with Crippen LogP contribution in [0, 0.1) is 13.8 Å². The van der Waals surface area contributed by atoms with Crippen molar-refractivity contribution in [3.8, 4) is 11.5 Å². The molecule has 0 bridgehead atoms. The molecule has 4 rings (SSSR count). The van der Waals surface area contributed by atoms with Crippen LogP contribution in [-0.4, -0.2) is 27.4 Å². The number of aliphatic hydroxyl groups excluding tert-OH is 1. The first-order valence-corrected chi connectivity index (χ1v) is 10.6. The first-order valence-electron chi connectivity index (χ1n) is 10.2. The number of rotatable bonds is 8. The van der Waals surface area contributed by atoms with E-state index in [2.05, 4.69) is 13.0 Å². The van der Waals surface area contributed by atoms with E-state index >= 15 is 0 Å². The van der Waals surface area contributed by atoms with Gasteiger partial charge in [-0.1, -0.05) is 53.6 Å². The molecule has 1 heterocycles. The largest absolute Gasteiger partial charge is 0.489 e. The second kappa shape index (κ2) is 9.41. The summed E-state index contributed by atoms with van der Waals surface area (Å²) in [4.78, 5) is 4.73. The van der Waals surface area contributed by atoms with Crippen LogP contribution in [0.25, 0.3) is 11.0 Å². The van der Waals surface area contributed by atoms with E-state index in [1.54, 1.807) is 12.1 Å². The molecule has 1 atom stereocenters. The van der Waals surface area contributed by atoms with Crippen molar-refractivity contribution in [2.24, 2.45) is 0 Å².